The fourth-order valence-electron chi connectivity index (χ4n) is 3.35. The van der Waals surface area contributed by atoms with E-state index >= 15 is 0 Å². The van der Waals surface area contributed by atoms with Gasteiger partial charge in [-0.05, 0) is 38.0 Å². The first-order valence-corrected chi connectivity index (χ1v) is 8.79. The maximum Gasteiger partial charge on any atom is 0.321 e. The summed E-state index contributed by atoms with van der Waals surface area (Å²) >= 11 is 0. The van der Waals surface area contributed by atoms with Gasteiger partial charge in [-0.25, -0.2) is 0 Å². The Balaban J connectivity index is 1.94. The van der Waals surface area contributed by atoms with Gasteiger partial charge in [0, 0.05) is 13.1 Å². The third-order valence-corrected chi connectivity index (χ3v) is 6.43. The van der Waals surface area contributed by atoms with Crippen molar-refractivity contribution in [2.75, 3.05) is 13.1 Å². The fourth-order valence-corrected chi connectivity index (χ4v) is 4.71. The number of hydrogen-bond donors (Lipinski definition) is 2. The van der Waals surface area contributed by atoms with Gasteiger partial charge in [-0.3, -0.25) is 4.79 Å². The molecule has 116 valence electrons. The molecule has 1 saturated carbocycles. The number of aliphatic carboxylic acids is 1. The number of nitrogens with one attached hydrogen (secondary N) is 1. The van der Waals surface area contributed by atoms with Crippen LogP contribution < -0.4 is 4.72 Å². The minimum atomic E-state index is -3.68. The monoisotopic (exact) mass is 304 g/mol. The topological polar surface area (TPSA) is 86.7 Å². The van der Waals surface area contributed by atoms with Crippen LogP contribution in [0.5, 0.6) is 0 Å². The van der Waals surface area contributed by atoms with E-state index in [1.807, 2.05) is 0 Å². The van der Waals surface area contributed by atoms with Gasteiger partial charge in [0.1, 0.15) is 6.04 Å². The molecule has 7 heteroatoms. The molecule has 20 heavy (non-hydrogen) atoms. The van der Waals surface area contributed by atoms with Crippen LogP contribution in [0.2, 0.25) is 0 Å². The van der Waals surface area contributed by atoms with Gasteiger partial charge in [0.25, 0.3) is 10.2 Å². The summed E-state index contributed by atoms with van der Waals surface area (Å²) in [4.78, 5) is 10.8. The van der Waals surface area contributed by atoms with Gasteiger partial charge in [-0.2, -0.15) is 17.4 Å². The molecule has 0 aromatic heterocycles. The maximum atomic E-state index is 12.1. The predicted octanol–water partition coefficient (Wildman–Crippen LogP) is 1.34. The number of piperidine rings is 1. The van der Waals surface area contributed by atoms with Gasteiger partial charge in [-0.15, -0.1) is 0 Å². The highest BCUT2D eigenvalue weighted by molar-refractivity contribution is 7.87. The molecular weight excluding hydrogens is 280 g/mol. The third-order valence-electron chi connectivity index (χ3n) is 4.73. The summed E-state index contributed by atoms with van der Waals surface area (Å²) < 4.78 is 27.9. The van der Waals surface area contributed by atoms with Crippen LogP contribution in [0, 0.1) is 5.41 Å². The first-order chi connectivity index (χ1) is 9.35. The number of hydrogen-bond acceptors (Lipinski definition) is 3. The molecule has 0 aromatic rings. The summed E-state index contributed by atoms with van der Waals surface area (Å²) in [7, 11) is -3.68. The van der Waals surface area contributed by atoms with Gasteiger partial charge < -0.3 is 5.11 Å². The lowest BCUT2D eigenvalue weighted by Crippen LogP contribution is -2.51. The summed E-state index contributed by atoms with van der Waals surface area (Å²) in [6, 6.07) is -1.09. The van der Waals surface area contributed by atoms with Crippen molar-refractivity contribution >= 4 is 16.2 Å². The van der Waals surface area contributed by atoms with Crippen molar-refractivity contribution in [2.45, 2.75) is 57.9 Å². The number of carboxylic acids is 1. The SMILES string of the molecule is C[C@H](NS(=O)(=O)N1CCC2(CCCCC2)CC1)C(=O)O. The lowest BCUT2D eigenvalue weighted by molar-refractivity contribution is -0.138. The quantitative estimate of drug-likeness (QED) is 0.820. The van der Waals surface area contributed by atoms with E-state index in [1.165, 1.54) is 43.3 Å². The molecule has 0 unspecified atom stereocenters. The third kappa shape index (κ3) is 3.51. The van der Waals surface area contributed by atoms with Crippen molar-refractivity contribution in [1.82, 2.24) is 9.03 Å². The van der Waals surface area contributed by atoms with E-state index in [0.717, 1.165) is 12.8 Å². The van der Waals surface area contributed by atoms with Crippen LogP contribution in [0.25, 0.3) is 0 Å². The standard InChI is InChI=1S/C13H24N2O4S/c1-11(12(16)17)14-20(18,19)15-9-7-13(8-10-15)5-3-2-4-6-13/h11,14H,2-10H2,1H3,(H,16,17)/t11-/m0/s1. The Bertz CT molecular complexity index is 447. The molecule has 2 rings (SSSR count). The molecule has 6 nitrogen and oxygen atoms in total. The Morgan fingerprint density at radius 3 is 2.20 bits per heavy atom. The zero-order chi connectivity index (χ0) is 14.8. The first-order valence-electron chi connectivity index (χ1n) is 7.35. The average molecular weight is 304 g/mol. The Morgan fingerprint density at radius 1 is 1.15 bits per heavy atom. The van der Waals surface area contributed by atoms with E-state index in [9.17, 15) is 13.2 Å². The van der Waals surface area contributed by atoms with Crippen LogP contribution in [0.15, 0.2) is 0 Å². The molecule has 0 amide bonds. The van der Waals surface area contributed by atoms with E-state index in [4.69, 9.17) is 5.11 Å². The number of carbonyl (C=O) groups is 1. The lowest BCUT2D eigenvalue weighted by Gasteiger charge is -2.43. The zero-order valence-corrected chi connectivity index (χ0v) is 12.8. The number of nitrogens with zero attached hydrogens (tertiary/aromatic N) is 1. The van der Waals surface area contributed by atoms with E-state index in [2.05, 4.69) is 4.72 Å². The van der Waals surface area contributed by atoms with Crippen molar-refractivity contribution in [3.05, 3.63) is 0 Å². The van der Waals surface area contributed by atoms with Crippen molar-refractivity contribution in [1.29, 1.82) is 0 Å². The van der Waals surface area contributed by atoms with Gasteiger partial charge in [0.15, 0.2) is 0 Å². The van der Waals surface area contributed by atoms with Gasteiger partial charge in [0.05, 0.1) is 0 Å². The van der Waals surface area contributed by atoms with Crippen LogP contribution >= 0.6 is 0 Å². The molecule has 0 aromatic carbocycles. The summed E-state index contributed by atoms with van der Waals surface area (Å²) in [6.45, 7) is 2.34. The molecule has 1 atom stereocenters. The molecule has 1 saturated heterocycles. The predicted molar refractivity (Wildman–Crippen MR) is 75.5 cm³/mol. The largest absolute Gasteiger partial charge is 0.480 e. The zero-order valence-electron chi connectivity index (χ0n) is 12.0. The van der Waals surface area contributed by atoms with Crippen molar-refractivity contribution < 1.29 is 18.3 Å². The first kappa shape index (κ1) is 15.7. The van der Waals surface area contributed by atoms with E-state index < -0.39 is 22.2 Å². The van der Waals surface area contributed by atoms with Crippen LogP contribution in [0.1, 0.15) is 51.9 Å². The second kappa shape index (κ2) is 5.99. The van der Waals surface area contributed by atoms with Crippen molar-refractivity contribution in [3.63, 3.8) is 0 Å². The summed E-state index contributed by atoms with van der Waals surface area (Å²) in [5.74, 6) is -1.16. The van der Waals surface area contributed by atoms with E-state index in [1.54, 1.807) is 0 Å². The van der Waals surface area contributed by atoms with Crippen LogP contribution in [0.4, 0.5) is 0 Å². The lowest BCUT2D eigenvalue weighted by atomic mass is 9.68. The molecule has 1 aliphatic carbocycles. The Morgan fingerprint density at radius 2 is 1.70 bits per heavy atom. The fraction of sp³-hybridized carbons (Fsp3) is 0.923. The Hall–Kier alpha value is -0.660. The molecule has 0 bridgehead atoms. The summed E-state index contributed by atoms with van der Waals surface area (Å²) in [6.07, 6.45) is 8.01. The molecule has 2 aliphatic rings. The van der Waals surface area contributed by atoms with Gasteiger partial charge in [0.2, 0.25) is 0 Å². The highest BCUT2D eigenvalue weighted by Crippen LogP contribution is 2.44. The highest BCUT2D eigenvalue weighted by atomic mass is 32.2. The smallest absolute Gasteiger partial charge is 0.321 e. The average Bonchev–Trinajstić information content (AvgIpc) is 2.39. The summed E-state index contributed by atoms with van der Waals surface area (Å²) in [5.41, 5.74) is 0.336. The van der Waals surface area contributed by atoms with Crippen molar-refractivity contribution in [3.8, 4) is 0 Å². The normalized spacial score (nSPS) is 25.4. The van der Waals surface area contributed by atoms with E-state index in [-0.39, 0.29) is 0 Å². The Labute approximate surface area is 120 Å². The molecule has 1 heterocycles. The molecule has 2 fully saturated rings. The van der Waals surface area contributed by atoms with Crippen molar-refractivity contribution in [2.24, 2.45) is 5.41 Å². The van der Waals surface area contributed by atoms with Crippen LogP contribution in [-0.2, 0) is 15.0 Å². The minimum absolute atomic E-state index is 0.336. The molecule has 0 radical (unpaired) electrons. The second-order valence-electron chi connectivity index (χ2n) is 6.14. The second-order valence-corrected chi connectivity index (χ2v) is 7.84. The highest BCUT2D eigenvalue weighted by Gasteiger charge is 2.39. The molecule has 2 N–H and O–H groups in total. The summed E-state index contributed by atoms with van der Waals surface area (Å²) in [5, 5.41) is 8.80. The van der Waals surface area contributed by atoms with Gasteiger partial charge in [-0.1, -0.05) is 19.3 Å². The Kier molecular flexibility index (Phi) is 4.71. The molecular formula is C13H24N2O4S. The van der Waals surface area contributed by atoms with Crippen LogP contribution in [-0.4, -0.2) is 42.9 Å². The van der Waals surface area contributed by atoms with E-state index in [0.29, 0.717) is 18.5 Å². The number of rotatable bonds is 4. The maximum absolute atomic E-state index is 12.1. The minimum Gasteiger partial charge on any atom is -0.480 e. The number of carboxylic acid groups (broad SMARTS) is 1. The molecule has 1 aliphatic heterocycles. The van der Waals surface area contributed by atoms with Crippen LogP contribution in [0.3, 0.4) is 0 Å². The van der Waals surface area contributed by atoms with Gasteiger partial charge >= 0.3 is 5.97 Å². The molecule has 1 spiro atoms.